The van der Waals surface area contributed by atoms with E-state index in [0.717, 1.165) is 22.7 Å². The summed E-state index contributed by atoms with van der Waals surface area (Å²) in [5.74, 6) is 1.92. The standard InChI is InChI=1S/C21H24N4O2S/c1-15-5-7-16(8-6-15)13-24(2)19(26)14-28-21-23-22-20(25(21)3)17-9-11-18(27-4)12-10-17/h5-12H,13-14H2,1-4H3. The number of rotatable bonds is 7. The van der Waals surface area contributed by atoms with Gasteiger partial charge in [0, 0.05) is 26.2 Å². The van der Waals surface area contributed by atoms with Crippen LogP contribution >= 0.6 is 11.8 Å². The first kappa shape index (κ1) is 19.9. The Bertz CT molecular complexity index is 936. The van der Waals surface area contributed by atoms with Crippen LogP contribution in [0, 0.1) is 6.92 Å². The Morgan fingerprint density at radius 2 is 1.79 bits per heavy atom. The van der Waals surface area contributed by atoms with Gasteiger partial charge in [-0.05, 0) is 36.8 Å². The quantitative estimate of drug-likeness (QED) is 0.572. The zero-order valence-corrected chi connectivity index (χ0v) is 17.4. The summed E-state index contributed by atoms with van der Waals surface area (Å²) < 4.78 is 7.09. The van der Waals surface area contributed by atoms with Crippen molar-refractivity contribution in [2.45, 2.75) is 18.6 Å². The number of thioether (sulfide) groups is 1. The molecule has 1 heterocycles. The monoisotopic (exact) mass is 396 g/mol. The smallest absolute Gasteiger partial charge is 0.233 e. The van der Waals surface area contributed by atoms with Crippen molar-refractivity contribution in [3.05, 3.63) is 59.7 Å². The zero-order chi connectivity index (χ0) is 20.1. The number of aryl methyl sites for hydroxylation is 1. The number of ether oxygens (including phenoxy) is 1. The fourth-order valence-electron chi connectivity index (χ4n) is 2.72. The number of hydrogen-bond donors (Lipinski definition) is 0. The maximum absolute atomic E-state index is 12.5. The molecule has 0 saturated carbocycles. The first-order chi connectivity index (χ1) is 13.5. The molecule has 0 unspecified atom stereocenters. The fourth-order valence-corrected chi connectivity index (χ4v) is 3.58. The van der Waals surface area contributed by atoms with Crippen molar-refractivity contribution < 1.29 is 9.53 Å². The Morgan fingerprint density at radius 3 is 2.43 bits per heavy atom. The highest BCUT2D eigenvalue weighted by molar-refractivity contribution is 7.99. The molecule has 0 aliphatic heterocycles. The van der Waals surface area contributed by atoms with E-state index in [0.29, 0.717) is 17.5 Å². The molecular formula is C21H24N4O2S. The molecule has 0 spiro atoms. The van der Waals surface area contributed by atoms with Crippen LogP contribution in [0.15, 0.2) is 53.7 Å². The second-order valence-electron chi connectivity index (χ2n) is 6.62. The van der Waals surface area contributed by atoms with E-state index >= 15 is 0 Å². The lowest BCUT2D eigenvalue weighted by Gasteiger charge is -2.17. The summed E-state index contributed by atoms with van der Waals surface area (Å²) in [6.07, 6.45) is 0. The van der Waals surface area contributed by atoms with Gasteiger partial charge in [0.1, 0.15) is 5.75 Å². The molecule has 2 aromatic carbocycles. The van der Waals surface area contributed by atoms with Crippen LogP contribution in [0.5, 0.6) is 5.75 Å². The molecular weight excluding hydrogens is 372 g/mol. The van der Waals surface area contributed by atoms with E-state index in [1.165, 1.54) is 17.3 Å². The fraction of sp³-hybridized carbons (Fsp3) is 0.286. The minimum atomic E-state index is 0.0552. The molecule has 0 radical (unpaired) electrons. The second kappa shape index (κ2) is 8.93. The van der Waals surface area contributed by atoms with Crippen molar-refractivity contribution in [3.8, 4) is 17.1 Å². The highest BCUT2D eigenvalue weighted by Gasteiger charge is 2.15. The first-order valence-electron chi connectivity index (χ1n) is 8.94. The van der Waals surface area contributed by atoms with Crippen molar-refractivity contribution in [2.75, 3.05) is 19.9 Å². The van der Waals surface area contributed by atoms with Gasteiger partial charge in [-0.15, -0.1) is 10.2 Å². The predicted octanol–water partition coefficient (Wildman–Crippen LogP) is 3.55. The number of methoxy groups -OCH3 is 1. The van der Waals surface area contributed by atoms with E-state index in [9.17, 15) is 4.79 Å². The molecule has 0 atom stereocenters. The van der Waals surface area contributed by atoms with Gasteiger partial charge in [-0.1, -0.05) is 41.6 Å². The molecule has 0 bridgehead atoms. The summed E-state index contributed by atoms with van der Waals surface area (Å²) in [5, 5.41) is 9.21. The highest BCUT2D eigenvalue weighted by Crippen LogP contribution is 2.24. The molecule has 7 heteroatoms. The topological polar surface area (TPSA) is 60.3 Å². The average molecular weight is 397 g/mol. The van der Waals surface area contributed by atoms with E-state index in [-0.39, 0.29) is 5.91 Å². The summed E-state index contributed by atoms with van der Waals surface area (Å²) >= 11 is 1.39. The van der Waals surface area contributed by atoms with Crippen LogP contribution in [0.3, 0.4) is 0 Å². The van der Waals surface area contributed by atoms with Gasteiger partial charge in [-0.3, -0.25) is 4.79 Å². The van der Waals surface area contributed by atoms with Crippen LogP contribution in [0.1, 0.15) is 11.1 Å². The van der Waals surface area contributed by atoms with Gasteiger partial charge in [-0.25, -0.2) is 0 Å². The van der Waals surface area contributed by atoms with Crippen LogP contribution in [0.2, 0.25) is 0 Å². The molecule has 6 nitrogen and oxygen atoms in total. The lowest BCUT2D eigenvalue weighted by atomic mass is 10.1. The second-order valence-corrected chi connectivity index (χ2v) is 7.56. The normalized spacial score (nSPS) is 10.7. The molecule has 0 N–H and O–H groups in total. The van der Waals surface area contributed by atoms with E-state index in [2.05, 4.69) is 41.4 Å². The Kier molecular flexibility index (Phi) is 6.36. The summed E-state index contributed by atoms with van der Waals surface area (Å²) in [5.41, 5.74) is 3.28. The van der Waals surface area contributed by atoms with Gasteiger partial charge >= 0.3 is 0 Å². The Balaban J connectivity index is 1.60. The summed E-state index contributed by atoms with van der Waals surface area (Å²) in [6.45, 7) is 2.64. The molecule has 0 saturated heterocycles. The van der Waals surface area contributed by atoms with E-state index < -0.39 is 0 Å². The third-order valence-corrected chi connectivity index (χ3v) is 5.48. The Labute approximate surface area is 169 Å². The van der Waals surface area contributed by atoms with Crippen LogP contribution in [0.4, 0.5) is 0 Å². The molecule has 3 aromatic rings. The summed E-state index contributed by atoms with van der Waals surface area (Å²) in [4.78, 5) is 14.2. The minimum Gasteiger partial charge on any atom is -0.497 e. The van der Waals surface area contributed by atoms with Gasteiger partial charge in [0.05, 0.1) is 12.9 Å². The molecule has 0 fully saturated rings. The molecule has 1 amide bonds. The molecule has 28 heavy (non-hydrogen) atoms. The molecule has 0 aliphatic rings. The summed E-state index contributed by atoms with van der Waals surface area (Å²) in [7, 11) is 5.36. The third-order valence-electron chi connectivity index (χ3n) is 4.47. The van der Waals surface area contributed by atoms with Gasteiger partial charge in [-0.2, -0.15) is 0 Å². The van der Waals surface area contributed by atoms with Crippen LogP contribution in [-0.4, -0.2) is 45.5 Å². The number of hydrogen-bond acceptors (Lipinski definition) is 5. The Hall–Kier alpha value is -2.80. The lowest BCUT2D eigenvalue weighted by molar-refractivity contribution is -0.127. The van der Waals surface area contributed by atoms with Gasteiger partial charge in [0.2, 0.25) is 5.91 Å². The number of amides is 1. The van der Waals surface area contributed by atoms with E-state index in [4.69, 9.17) is 4.74 Å². The van der Waals surface area contributed by atoms with Crippen molar-refractivity contribution in [1.29, 1.82) is 0 Å². The third kappa shape index (κ3) is 4.72. The van der Waals surface area contributed by atoms with Crippen LogP contribution in [-0.2, 0) is 18.4 Å². The largest absolute Gasteiger partial charge is 0.497 e. The maximum atomic E-state index is 12.5. The minimum absolute atomic E-state index is 0.0552. The SMILES string of the molecule is COc1ccc(-c2nnc(SCC(=O)N(C)Cc3ccc(C)cc3)n2C)cc1. The number of aromatic nitrogens is 3. The van der Waals surface area contributed by atoms with E-state index in [1.54, 1.807) is 12.0 Å². The van der Waals surface area contributed by atoms with Crippen LogP contribution in [0.25, 0.3) is 11.4 Å². The number of nitrogens with zero attached hydrogens (tertiary/aromatic N) is 4. The number of carbonyl (C=O) groups excluding carboxylic acids is 1. The Morgan fingerprint density at radius 1 is 1.11 bits per heavy atom. The van der Waals surface area contributed by atoms with Crippen molar-refractivity contribution in [2.24, 2.45) is 7.05 Å². The van der Waals surface area contributed by atoms with Gasteiger partial charge < -0.3 is 14.2 Å². The molecule has 0 aliphatic carbocycles. The average Bonchev–Trinajstić information content (AvgIpc) is 3.08. The van der Waals surface area contributed by atoms with Crippen molar-refractivity contribution in [1.82, 2.24) is 19.7 Å². The highest BCUT2D eigenvalue weighted by atomic mass is 32.2. The zero-order valence-electron chi connectivity index (χ0n) is 16.5. The molecule has 146 valence electrons. The van der Waals surface area contributed by atoms with E-state index in [1.807, 2.05) is 42.9 Å². The predicted molar refractivity (Wildman–Crippen MR) is 111 cm³/mol. The maximum Gasteiger partial charge on any atom is 0.233 e. The number of benzene rings is 2. The molecule has 1 aromatic heterocycles. The number of carbonyl (C=O) groups is 1. The first-order valence-corrected chi connectivity index (χ1v) is 9.92. The van der Waals surface area contributed by atoms with Gasteiger partial charge in [0.25, 0.3) is 0 Å². The summed E-state index contributed by atoms with van der Waals surface area (Å²) in [6, 6.07) is 15.9. The van der Waals surface area contributed by atoms with Crippen molar-refractivity contribution >= 4 is 17.7 Å². The van der Waals surface area contributed by atoms with Crippen LogP contribution < -0.4 is 4.74 Å². The lowest BCUT2D eigenvalue weighted by Crippen LogP contribution is -2.27. The molecule has 3 rings (SSSR count). The van der Waals surface area contributed by atoms with Gasteiger partial charge in [0.15, 0.2) is 11.0 Å². The van der Waals surface area contributed by atoms with Crippen molar-refractivity contribution in [3.63, 3.8) is 0 Å².